The lowest BCUT2D eigenvalue weighted by Crippen LogP contribution is -2.32. The van der Waals surface area contributed by atoms with Gasteiger partial charge >= 0.3 is 0 Å². The Hall–Kier alpha value is -3.52. The van der Waals surface area contributed by atoms with Crippen molar-refractivity contribution in [2.45, 2.75) is 38.2 Å². The first-order valence-electron chi connectivity index (χ1n) is 10.5. The zero-order valence-corrected chi connectivity index (χ0v) is 19.9. The number of hydrogen-bond acceptors (Lipinski definition) is 5. The molecule has 0 aromatic heterocycles. The third-order valence-electron chi connectivity index (χ3n) is 5.15. The molecule has 2 N–H and O–H groups in total. The number of ether oxygens (including phenoxy) is 2. The summed E-state index contributed by atoms with van der Waals surface area (Å²) < 4.78 is 39.4. The Bertz CT molecular complexity index is 1200. The predicted octanol–water partition coefficient (Wildman–Crippen LogP) is 4.91. The molecule has 1 amide bonds. The Morgan fingerprint density at radius 3 is 2.09 bits per heavy atom. The van der Waals surface area contributed by atoms with Crippen LogP contribution in [0.1, 0.15) is 24.5 Å². The smallest absolute Gasteiger partial charge is 0.265 e. The molecule has 33 heavy (non-hydrogen) atoms. The van der Waals surface area contributed by atoms with E-state index in [0.29, 0.717) is 29.3 Å². The van der Waals surface area contributed by atoms with Crippen molar-refractivity contribution < 1.29 is 22.7 Å². The number of benzene rings is 3. The number of sulfonamides is 1. The Kier molecular flexibility index (Phi) is 7.60. The normalized spacial score (nSPS) is 12.0. The minimum Gasteiger partial charge on any atom is -0.493 e. The summed E-state index contributed by atoms with van der Waals surface area (Å²) in [6.07, 6.45) is -0.300. The summed E-state index contributed by atoms with van der Waals surface area (Å²) in [4.78, 5) is 12.8. The van der Waals surface area contributed by atoms with Crippen molar-refractivity contribution in [2.24, 2.45) is 0 Å². The van der Waals surface area contributed by atoms with Crippen molar-refractivity contribution in [3.05, 3.63) is 77.9 Å². The van der Waals surface area contributed by atoms with Crippen LogP contribution in [0.25, 0.3) is 0 Å². The molecule has 7 nitrogen and oxygen atoms in total. The largest absolute Gasteiger partial charge is 0.493 e. The fraction of sp³-hybridized carbons (Fsp3) is 0.240. The van der Waals surface area contributed by atoms with Crippen molar-refractivity contribution in [3.63, 3.8) is 0 Å². The molecule has 0 heterocycles. The van der Waals surface area contributed by atoms with Gasteiger partial charge < -0.3 is 14.8 Å². The number of carbonyl (C=O) groups excluding carboxylic acids is 1. The van der Waals surface area contributed by atoms with Gasteiger partial charge in [-0.3, -0.25) is 9.52 Å². The van der Waals surface area contributed by atoms with Crippen LogP contribution >= 0.6 is 0 Å². The molecular weight excluding hydrogens is 440 g/mol. The molecule has 0 saturated carbocycles. The maximum absolute atomic E-state index is 12.8. The SMILES string of the molecule is CC[C@@H](Oc1ccccc1OC)C(=O)Nc1ccc(S(=O)(=O)Nc2c(C)cccc2C)cc1. The van der Waals surface area contributed by atoms with Crippen LogP contribution in [0, 0.1) is 13.8 Å². The van der Waals surface area contributed by atoms with Gasteiger partial charge in [-0.2, -0.15) is 0 Å². The van der Waals surface area contributed by atoms with Crippen LogP contribution in [0.2, 0.25) is 0 Å². The van der Waals surface area contributed by atoms with E-state index >= 15 is 0 Å². The molecule has 0 aliphatic carbocycles. The Morgan fingerprint density at radius 1 is 0.909 bits per heavy atom. The van der Waals surface area contributed by atoms with Crippen molar-refractivity contribution in [1.82, 2.24) is 0 Å². The van der Waals surface area contributed by atoms with Gasteiger partial charge in [-0.05, 0) is 67.8 Å². The lowest BCUT2D eigenvalue weighted by atomic mass is 10.1. The molecule has 0 radical (unpaired) electrons. The molecule has 0 spiro atoms. The number of anilines is 2. The highest BCUT2D eigenvalue weighted by atomic mass is 32.2. The summed E-state index contributed by atoms with van der Waals surface area (Å²) in [5.74, 6) is 0.670. The first-order valence-corrected chi connectivity index (χ1v) is 12.0. The number of methoxy groups -OCH3 is 1. The van der Waals surface area contributed by atoms with E-state index in [0.717, 1.165) is 11.1 Å². The lowest BCUT2D eigenvalue weighted by molar-refractivity contribution is -0.122. The molecule has 174 valence electrons. The van der Waals surface area contributed by atoms with Crippen molar-refractivity contribution in [3.8, 4) is 11.5 Å². The number of rotatable bonds is 9. The highest BCUT2D eigenvalue weighted by molar-refractivity contribution is 7.92. The van der Waals surface area contributed by atoms with Gasteiger partial charge in [-0.1, -0.05) is 37.3 Å². The van der Waals surface area contributed by atoms with E-state index in [1.54, 1.807) is 30.3 Å². The van der Waals surface area contributed by atoms with E-state index in [2.05, 4.69) is 10.0 Å². The summed E-state index contributed by atoms with van der Waals surface area (Å²) >= 11 is 0. The highest BCUT2D eigenvalue weighted by Gasteiger charge is 2.21. The monoisotopic (exact) mass is 468 g/mol. The number of aryl methyl sites for hydroxylation is 2. The molecule has 1 atom stereocenters. The van der Waals surface area contributed by atoms with Gasteiger partial charge in [0.25, 0.3) is 15.9 Å². The van der Waals surface area contributed by atoms with E-state index in [-0.39, 0.29) is 10.8 Å². The second-order valence-corrected chi connectivity index (χ2v) is 9.23. The summed E-state index contributed by atoms with van der Waals surface area (Å²) in [6, 6.07) is 18.7. The standard InChI is InChI=1S/C25H28N2O5S/c1-5-21(32-23-12-7-6-11-22(23)31-4)25(28)26-19-13-15-20(16-14-19)33(29,30)27-24-17(2)9-8-10-18(24)3/h6-16,21,27H,5H2,1-4H3,(H,26,28)/t21-/m1/s1. The Balaban J connectivity index is 1.71. The maximum atomic E-state index is 12.8. The van der Waals surface area contributed by atoms with Crippen LogP contribution in [-0.4, -0.2) is 27.5 Å². The van der Waals surface area contributed by atoms with E-state index in [9.17, 15) is 13.2 Å². The summed E-state index contributed by atoms with van der Waals surface area (Å²) in [6.45, 7) is 5.54. The van der Waals surface area contributed by atoms with E-state index in [4.69, 9.17) is 9.47 Å². The number of nitrogens with one attached hydrogen (secondary N) is 2. The molecule has 3 rings (SSSR count). The number of amides is 1. The third kappa shape index (κ3) is 5.84. The molecule has 3 aromatic rings. The zero-order chi connectivity index (χ0) is 24.0. The second-order valence-electron chi connectivity index (χ2n) is 7.55. The molecule has 0 saturated heterocycles. The summed E-state index contributed by atoms with van der Waals surface area (Å²) in [7, 11) is -2.24. The van der Waals surface area contributed by atoms with Crippen LogP contribution in [0.5, 0.6) is 11.5 Å². The van der Waals surface area contributed by atoms with Gasteiger partial charge in [0.1, 0.15) is 0 Å². The Labute approximate surface area is 194 Å². The third-order valence-corrected chi connectivity index (χ3v) is 6.52. The molecule has 0 bridgehead atoms. The minimum atomic E-state index is -3.77. The molecular formula is C25H28N2O5S. The molecule has 0 aliphatic rings. The lowest BCUT2D eigenvalue weighted by Gasteiger charge is -2.19. The van der Waals surface area contributed by atoms with Crippen molar-refractivity contribution in [1.29, 1.82) is 0 Å². The first kappa shape index (κ1) is 24.1. The highest BCUT2D eigenvalue weighted by Crippen LogP contribution is 2.28. The molecule has 0 aliphatic heterocycles. The number of carbonyl (C=O) groups is 1. The maximum Gasteiger partial charge on any atom is 0.265 e. The average Bonchev–Trinajstić information content (AvgIpc) is 2.80. The van der Waals surface area contributed by atoms with Crippen LogP contribution < -0.4 is 19.5 Å². The topological polar surface area (TPSA) is 93.7 Å². The molecule has 0 unspecified atom stereocenters. The van der Waals surface area contributed by atoms with Crippen molar-refractivity contribution >= 4 is 27.3 Å². The summed E-state index contributed by atoms with van der Waals surface area (Å²) in [5, 5.41) is 2.78. The predicted molar refractivity (Wildman–Crippen MR) is 129 cm³/mol. The summed E-state index contributed by atoms with van der Waals surface area (Å²) in [5.41, 5.74) is 2.70. The fourth-order valence-corrected chi connectivity index (χ4v) is 4.50. The van der Waals surface area contributed by atoms with Crippen LogP contribution in [0.4, 0.5) is 11.4 Å². The first-order chi connectivity index (χ1) is 15.7. The van der Waals surface area contributed by atoms with E-state index in [1.807, 2.05) is 45.0 Å². The second kappa shape index (κ2) is 10.4. The fourth-order valence-electron chi connectivity index (χ4n) is 3.30. The molecule has 0 fully saturated rings. The number of para-hydroxylation sites is 3. The van der Waals surface area contributed by atoms with Gasteiger partial charge in [0.05, 0.1) is 17.7 Å². The quantitative estimate of drug-likeness (QED) is 0.465. The van der Waals surface area contributed by atoms with Gasteiger partial charge in [0.2, 0.25) is 0 Å². The minimum absolute atomic E-state index is 0.0977. The Morgan fingerprint density at radius 2 is 1.52 bits per heavy atom. The number of hydrogen-bond donors (Lipinski definition) is 2. The van der Waals surface area contributed by atoms with Crippen LogP contribution in [0.3, 0.4) is 0 Å². The zero-order valence-electron chi connectivity index (χ0n) is 19.1. The van der Waals surface area contributed by atoms with Gasteiger partial charge in [-0.25, -0.2) is 8.42 Å². The van der Waals surface area contributed by atoms with Crippen LogP contribution in [-0.2, 0) is 14.8 Å². The van der Waals surface area contributed by atoms with E-state index in [1.165, 1.54) is 19.2 Å². The van der Waals surface area contributed by atoms with Gasteiger partial charge in [0.15, 0.2) is 17.6 Å². The molecule has 8 heteroatoms. The van der Waals surface area contributed by atoms with E-state index < -0.39 is 16.1 Å². The van der Waals surface area contributed by atoms with Gasteiger partial charge in [0, 0.05) is 5.69 Å². The average molecular weight is 469 g/mol. The van der Waals surface area contributed by atoms with Crippen LogP contribution in [0.15, 0.2) is 71.6 Å². The molecule has 3 aromatic carbocycles. The van der Waals surface area contributed by atoms with Crippen molar-refractivity contribution in [2.75, 3.05) is 17.1 Å². The van der Waals surface area contributed by atoms with Gasteiger partial charge in [-0.15, -0.1) is 0 Å².